The van der Waals surface area contributed by atoms with E-state index in [1.807, 2.05) is 0 Å². The Morgan fingerprint density at radius 3 is 2.65 bits per heavy atom. The lowest BCUT2D eigenvalue weighted by Crippen LogP contribution is -2.55. The number of allylic oxidation sites excluding steroid dienone is 1. The van der Waals surface area contributed by atoms with Crippen molar-refractivity contribution in [1.29, 1.82) is 5.26 Å². The summed E-state index contributed by atoms with van der Waals surface area (Å²) in [6.45, 7) is 5.28. The highest BCUT2D eigenvalue weighted by molar-refractivity contribution is 5.82. The number of carbonyl (C=O) groups is 1. The molecular formula is C25H32F3N5O. The molecule has 1 aliphatic heterocycles. The Kier molecular flexibility index (Phi) is 8.03. The van der Waals surface area contributed by atoms with Crippen molar-refractivity contribution in [3.05, 3.63) is 29.3 Å². The van der Waals surface area contributed by atoms with E-state index in [1.54, 1.807) is 36.1 Å². The standard InChI is InChI=1S/C25H32F3N5O/c1-3-7-20-21(9-8-17(14-29)23(20)31-2)33-15-18(25(26,27)28)12-19(16-33)32-22(34)13-24(30)10-5-4-6-11-24/h3,7-9,18-19H,2,4-6,10-13,15-16,30H2,1H3,(H,32,34)/b7-3-. The van der Waals surface area contributed by atoms with Gasteiger partial charge in [0.2, 0.25) is 5.91 Å². The Morgan fingerprint density at radius 2 is 2.06 bits per heavy atom. The first-order valence-corrected chi connectivity index (χ1v) is 11.7. The second-order valence-corrected chi connectivity index (χ2v) is 9.41. The number of aliphatic imine (C=N–C) groups is 1. The average Bonchev–Trinajstić information content (AvgIpc) is 2.78. The van der Waals surface area contributed by atoms with Crippen molar-refractivity contribution in [2.24, 2.45) is 16.6 Å². The lowest BCUT2D eigenvalue weighted by molar-refractivity contribution is -0.178. The second kappa shape index (κ2) is 10.6. The maximum absolute atomic E-state index is 13.8. The molecule has 1 aromatic rings. The molecule has 2 unspecified atom stereocenters. The normalized spacial score (nSPS) is 22.9. The molecule has 0 radical (unpaired) electrons. The Balaban J connectivity index is 1.88. The zero-order valence-corrected chi connectivity index (χ0v) is 19.5. The first kappa shape index (κ1) is 25.8. The van der Waals surface area contributed by atoms with Gasteiger partial charge < -0.3 is 16.0 Å². The number of hydrogen-bond acceptors (Lipinski definition) is 5. The molecule has 0 spiro atoms. The van der Waals surface area contributed by atoms with Crippen LogP contribution in [0.3, 0.4) is 0 Å². The fourth-order valence-electron chi connectivity index (χ4n) is 5.13. The average molecular weight is 476 g/mol. The summed E-state index contributed by atoms with van der Waals surface area (Å²) in [4.78, 5) is 18.4. The van der Waals surface area contributed by atoms with Gasteiger partial charge in [-0.25, -0.2) is 0 Å². The van der Waals surface area contributed by atoms with Crippen LogP contribution < -0.4 is 16.0 Å². The Hall–Kier alpha value is -2.86. The van der Waals surface area contributed by atoms with E-state index in [9.17, 15) is 23.2 Å². The highest BCUT2D eigenvalue weighted by Crippen LogP contribution is 2.39. The van der Waals surface area contributed by atoms with Gasteiger partial charge in [-0.15, -0.1) is 0 Å². The number of hydrogen-bond donors (Lipinski definition) is 2. The summed E-state index contributed by atoms with van der Waals surface area (Å²) in [6.07, 6.45) is 3.48. The van der Waals surface area contributed by atoms with E-state index < -0.39 is 23.7 Å². The quantitative estimate of drug-likeness (QED) is 0.575. The number of piperidine rings is 1. The number of nitrogens with zero attached hydrogens (tertiary/aromatic N) is 3. The van der Waals surface area contributed by atoms with E-state index in [0.29, 0.717) is 22.5 Å². The van der Waals surface area contributed by atoms with Crippen LogP contribution in [-0.4, -0.2) is 43.5 Å². The van der Waals surface area contributed by atoms with Gasteiger partial charge in [-0.1, -0.05) is 31.4 Å². The summed E-state index contributed by atoms with van der Waals surface area (Å²) in [7, 11) is 0. The van der Waals surface area contributed by atoms with Crippen molar-refractivity contribution in [2.45, 2.75) is 69.6 Å². The van der Waals surface area contributed by atoms with Crippen molar-refractivity contribution in [1.82, 2.24) is 5.32 Å². The van der Waals surface area contributed by atoms with Crippen LogP contribution in [0.2, 0.25) is 0 Å². The number of nitriles is 1. The van der Waals surface area contributed by atoms with Crippen LogP contribution in [0.1, 0.15) is 63.0 Å². The van der Waals surface area contributed by atoms with Crippen molar-refractivity contribution < 1.29 is 18.0 Å². The fourth-order valence-corrected chi connectivity index (χ4v) is 5.13. The van der Waals surface area contributed by atoms with Crippen LogP contribution in [0, 0.1) is 17.2 Å². The van der Waals surface area contributed by atoms with Crippen LogP contribution in [0.5, 0.6) is 0 Å². The van der Waals surface area contributed by atoms with Gasteiger partial charge in [0.15, 0.2) is 0 Å². The Morgan fingerprint density at radius 1 is 1.35 bits per heavy atom. The van der Waals surface area contributed by atoms with Gasteiger partial charge in [0.25, 0.3) is 0 Å². The van der Waals surface area contributed by atoms with Crippen molar-refractivity contribution in [3.63, 3.8) is 0 Å². The van der Waals surface area contributed by atoms with Crippen molar-refractivity contribution in [3.8, 4) is 6.07 Å². The molecular weight excluding hydrogens is 443 g/mol. The molecule has 1 saturated heterocycles. The van der Waals surface area contributed by atoms with E-state index in [-0.39, 0.29) is 31.8 Å². The molecule has 184 valence electrons. The first-order chi connectivity index (χ1) is 16.1. The van der Waals surface area contributed by atoms with Crippen LogP contribution in [0.15, 0.2) is 23.2 Å². The predicted octanol–water partition coefficient (Wildman–Crippen LogP) is 4.85. The molecule has 34 heavy (non-hydrogen) atoms. The van der Waals surface area contributed by atoms with Gasteiger partial charge in [-0.3, -0.25) is 9.79 Å². The number of rotatable bonds is 6. The number of halogens is 3. The maximum Gasteiger partial charge on any atom is 0.393 e. The summed E-state index contributed by atoms with van der Waals surface area (Å²) in [5, 5.41) is 12.2. The van der Waals surface area contributed by atoms with Gasteiger partial charge in [0.05, 0.1) is 17.2 Å². The van der Waals surface area contributed by atoms with E-state index >= 15 is 0 Å². The minimum Gasteiger partial charge on any atom is -0.368 e. The van der Waals surface area contributed by atoms with E-state index in [1.165, 1.54) is 0 Å². The van der Waals surface area contributed by atoms with Crippen LogP contribution >= 0.6 is 0 Å². The first-order valence-electron chi connectivity index (χ1n) is 11.7. The van der Waals surface area contributed by atoms with Crippen LogP contribution in [-0.2, 0) is 4.79 Å². The van der Waals surface area contributed by atoms with Gasteiger partial charge in [0.1, 0.15) is 6.07 Å². The number of alkyl halides is 3. The molecule has 6 nitrogen and oxygen atoms in total. The van der Waals surface area contributed by atoms with Gasteiger partial charge >= 0.3 is 6.18 Å². The molecule has 9 heteroatoms. The summed E-state index contributed by atoms with van der Waals surface area (Å²) in [5.41, 5.74) is 7.48. The number of nitrogens with one attached hydrogen (secondary N) is 1. The monoisotopic (exact) mass is 475 g/mol. The van der Waals surface area contributed by atoms with E-state index in [4.69, 9.17) is 5.73 Å². The minimum atomic E-state index is -4.41. The third-order valence-corrected chi connectivity index (χ3v) is 6.79. The number of nitrogens with two attached hydrogens (primary N) is 1. The highest BCUT2D eigenvalue weighted by Gasteiger charge is 2.45. The number of benzene rings is 1. The number of carbonyl (C=O) groups excluding carboxylic acids is 1. The molecule has 1 saturated carbocycles. The molecule has 0 bridgehead atoms. The smallest absolute Gasteiger partial charge is 0.368 e. The van der Waals surface area contributed by atoms with Crippen LogP contribution in [0.4, 0.5) is 24.5 Å². The molecule has 2 fully saturated rings. The number of anilines is 1. The molecule has 1 aromatic carbocycles. The molecule has 3 N–H and O–H groups in total. The van der Waals surface area contributed by atoms with E-state index in [0.717, 1.165) is 32.1 Å². The zero-order chi connectivity index (χ0) is 24.9. The summed E-state index contributed by atoms with van der Waals surface area (Å²) in [5.74, 6) is -1.92. The molecule has 1 heterocycles. The number of amides is 1. The Bertz CT molecular complexity index is 976. The lowest BCUT2D eigenvalue weighted by Gasteiger charge is -2.41. The van der Waals surface area contributed by atoms with E-state index in [2.05, 4.69) is 23.1 Å². The topological polar surface area (TPSA) is 94.5 Å². The second-order valence-electron chi connectivity index (χ2n) is 9.41. The van der Waals surface area contributed by atoms with Crippen molar-refractivity contribution >= 4 is 30.1 Å². The molecule has 2 aliphatic rings. The summed E-state index contributed by atoms with van der Waals surface area (Å²) in [6, 6.07) is 4.54. The molecule has 2 atom stereocenters. The van der Waals surface area contributed by atoms with Gasteiger partial charge in [-0.2, -0.15) is 18.4 Å². The SMILES string of the molecule is C=Nc1c(C#N)ccc(N2CC(NC(=O)CC3(N)CCCCC3)CC(C(F)(F)F)C2)c1/C=C\C. The van der Waals surface area contributed by atoms with Gasteiger partial charge in [0, 0.05) is 42.3 Å². The molecule has 3 rings (SSSR count). The highest BCUT2D eigenvalue weighted by atomic mass is 19.4. The third kappa shape index (κ3) is 5.98. The lowest BCUT2D eigenvalue weighted by atomic mass is 9.80. The third-order valence-electron chi connectivity index (χ3n) is 6.79. The molecule has 1 aliphatic carbocycles. The summed E-state index contributed by atoms with van der Waals surface area (Å²) < 4.78 is 41.5. The molecule has 0 aromatic heterocycles. The van der Waals surface area contributed by atoms with Crippen LogP contribution in [0.25, 0.3) is 6.08 Å². The maximum atomic E-state index is 13.8. The van der Waals surface area contributed by atoms with Gasteiger partial charge in [-0.05, 0) is 45.0 Å². The summed E-state index contributed by atoms with van der Waals surface area (Å²) >= 11 is 0. The molecule has 1 amide bonds. The van der Waals surface area contributed by atoms with Crippen molar-refractivity contribution in [2.75, 3.05) is 18.0 Å². The fraction of sp³-hybridized carbons (Fsp3) is 0.560. The largest absolute Gasteiger partial charge is 0.393 e. The zero-order valence-electron chi connectivity index (χ0n) is 19.5. The minimum absolute atomic E-state index is 0.116. The predicted molar refractivity (Wildman–Crippen MR) is 128 cm³/mol. The Labute approximate surface area is 198 Å².